The second-order valence-corrected chi connectivity index (χ2v) is 5.17. The van der Waals surface area contributed by atoms with Gasteiger partial charge in [0, 0.05) is 19.0 Å². The van der Waals surface area contributed by atoms with Gasteiger partial charge in [-0.15, -0.1) is 0 Å². The highest BCUT2D eigenvalue weighted by molar-refractivity contribution is 5.83. The van der Waals surface area contributed by atoms with Crippen molar-refractivity contribution < 1.29 is 27.9 Å². The van der Waals surface area contributed by atoms with E-state index < -0.39 is 36.4 Å². The van der Waals surface area contributed by atoms with Crippen LogP contribution in [0.1, 0.15) is 17.0 Å². The Kier molecular flexibility index (Phi) is 3.93. The van der Waals surface area contributed by atoms with Crippen LogP contribution in [0.15, 0.2) is 24.3 Å². The lowest BCUT2D eigenvalue weighted by Gasteiger charge is -2.18. The summed E-state index contributed by atoms with van der Waals surface area (Å²) in [6.45, 7) is 1.15. The minimum Gasteiger partial charge on any atom is -0.481 e. The smallest absolute Gasteiger partial charge is 0.471 e. The van der Waals surface area contributed by atoms with Gasteiger partial charge in [-0.2, -0.15) is 13.2 Å². The molecule has 0 saturated carbocycles. The van der Waals surface area contributed by atoms with Crippen molar-refractivity contribution in [1.29, 1.82) is 0 Å². The molecule has 1 aromatic carbocycles. The highest BCUT2D eigenvalue weighted by Gasteiger charge is 2.48. The quantitative estimate of drug-likeness (QED) is 0.911. The molecule has 0 bridgehead atoms. The van der Waals surface area contributed by atoms with E-state index in [1.54, 1.807) is 18.2 Å². The number of hydrogen-bond donors (Lipinski definition) is 1. The van der Waals surface area contributed by atoms with Crippen molar-refractivity contribution in [3.8, 4) is 0 Å². The number of benzene rings is 1. The molecule has 0 unspecified atom stereocenters. The zero-order valence-electron chi connectivity index (χ0n) is 11.2. The van der Waals surface area contributed by atoms with Gasteiger partial charge in [0.25, 0.3) is 0 Å². The minimum absolute atomic E-state index is 0.237. The summed E-state index contributed by atoms with van der Waals surface area (Å²) in [7, 11) is 0. The molecule has 1 aliphatic heterocycles. The molecule has 2 rings (SSSR count). The Labute approximate surface area is 119 Å². The zero-order valence-corrected chi connectivity index (χ0v) is 11.2. The molecule has 1 N–H and O–H groups in total. The van der Waals surface area contributed by atoms with Gasteiger partial charge in [0.2, 0.25) is 0 Å². The maximum Gasteiger partial charge on any atom is 0.471 e. The van der Waals surface area contributed by atoms with Gasteiger partial charge in [0.15, 0.2) is 0 Å². The first-order valence-corrected chi connectivity index (χ1v) is 6.35. The van der Waals surface area contributed by atoms with Crippen LogP contribution in [0.5, 0.6) is 0 Å². The Morgan fingerprint density at radius 3 is 2.48 bits per heavy atom. The molecule has 1 aromatic rings. The summed E-state index contributed by atoms with van der Waals surface area (Å²) in [6.07, 6.45) is -4.98. The van der Waals surface area contributed by atoms with E-state index in [2.05, 4.69) is 0 Å². The first-order chi connectivity index (χ1) is 9.70. The maximum atomic E-state index is 12.5. The van der Waals surface area contributed by atoms with Crippen molar-refractivity contribution in [2.24, 2.45) is 5.92 Å². The number of carbonyl (C=O) groups excluding carboxylic acids is 1. The van der Waals surface area contributed by atoms with Crippen molar-refractivity contribution in [3.05, 3.63) is 35.4 Å². The lowest BCUT2D eigenvalue weighted by molar-refractivity contribution is -0.184. The number of rotatable bonds is 2. The molecule has 1 heterocycles. The topological polar surface area (TPSA) is 57.6 Å². The Morgan fingerprint density at radius 2 is 1.95 bits per heavy atom. The number of amides is 1. The average molecular weight is 301 g/mol. The number of carbonyl (C=O) groups is 2. The third-order valence-electron chi connectivity index (χ3n) is 3.64. The van der Waals surface area contributed by atoms with Crippen molar-refractivity contribution >= 4 is 11.9 Å². The van der Waals surface area contributed by atoms with E-state index in [-0.39, 0.29) is 6.54 Å². The molecule has 0 spiro atoms. The summed E-state index contributed by atoms with van der Waals surface area (Å²) < 4.78 is 37.5. The molecule has 1 amide bonds. The predicted molar refractivity (Wildman–Crippen MR) is 67.7 cm³/mol. The van der Waals surface area contributed by atoms with E-state index in [0.29, 0.717) is 10.5 Å². The highest BCUT2D eigenvalue weighted by Crippen LogP contribution is 2.35. The lowest BCUT2D eigenvalue weighted by atomic mass is 9.88. The van der Waals surface area contributed by atoms with Gasteiger partial charge in [0.1, 0.15) is 0 Å². The monoisotopic (exact) mass is 301 g/mol. The van der Waals surface area contributed by atoms with Crippen molar-refractivity contribution in [2.75, 3.05) is 13.1 Å². The molecule has 1 saturated heterocycles. The van der Waals surface area contributed by atoms with Crippen LogP contribution in [-0.2, 0) is 9.59 Å². The van der Waals surface area contributed by atoms with E-state index in [4.69, 9.17) is 0 Å². The van der Waals surface area contributed by atoms with Gasteiger partial charge >= 0.3 is 18.1 Å². The molecule has 0 radical (unpaired) electrons. The third kappa shape index (κ3) is 3.17. The maximum absolute atomic E-state index is 12.5. The number of carboxylic acids is 1. The molecule has 4 nitrogen and oxygen atoms in total. The number of aliphatic carboxylic acids is 1. The van der Waals surface area contributed by atoms with E-state index in [1.165, 1.54) is 0 Å². The largest absolute Gasteiger partial charge is 0.481 e. The molecule has 114 valence electrons. The molecule has 1 aliphatic rings. The number of hydrogen-bond acceptors (Lipinski definition) is 2. The molecule has 7 heteroatoms. The standard InChI is InChI=1S/C14H14F3NO3/c1-8-3-2-4-9(5-8)10-6-18(7-11(10)12(19)20)13(21)14(15,16)17/h2-5,10-11H,6-7H2,1H3,(H,19,20)/t10-,11+/m0/s1. The average Bonchev–Trinajstić information content (AvgIpc) is 2.81. The Hall–Kier alpha value is -2.05. The van der Waals surface area contributed by atoms with E-state index in [0.717, 1.165) is 5.56 Å². The molecule has 21 heavy (non-hydrogen) atoms. The Bertz CT molecular complexity index is 571. The van der Waals surface area contributed by atoms with Crippen LogP contribution in [0.25, 0.3) is 0 Å². The molecular weight excluding hydrogens is 287 g/mol. The summed E-state index contributed by atoms with van der Waals surface area (Å²) >= 11 is 0. The molecular formula is C14H14F3NO3. The van der Waals surface area contributed by atoms with Gasteiger partial charge in [-0.1, -0.05) is 29.8 Å². The van der Waals surface area contributed by atoms with Gasteiger partial charge < -0.3 is 10.0 Å². The van der Waals surface area contributed by atoms with Crippen LogP contribution < -0.4 is 0 Å². The summed E-state index contributed by atoms with van der Waals surface area (Å²) in [4.78, 5) is 23.1. The lowest BCUT2D eigenvalue weighted by Crippen LogP contribution is -2.40. The normalized spacial score (nSPS) is 22.4. The number of alkyl halides is 3. The summed E-state index contributed by atoms with van der Waals surface area (Å²) in [5.74, 6) is -4.84. The Morgan fingerprint density at radius 1 is 1.29 bits per heavy atom. The van der Waals surface area contributed by atoms with Gasteiger partial charge in [-0.05, 0) is 12.5 Å². The molecule has 1 fully saturated rings. The number of halogens is 3. The number of aryl methyl sites for hydroxylation is 1. The Balaban J connectivity index is 2.28. The van der Waals surface area contributed by atoms with Crippen LogP contribution >= 0.6 is 0 Å². The van der Waals surface area contributed by atoms with Gasteiger partial charge in [0.05, 0.1) is 5.92 Å². The SMILES string of the molecule is Cc1cccc([C@@H]2CN(C(=O)C(F)(F)F)C[C@H]2C(=O)O)c1. The fourth-order valence-corrected chi connectivity index (χ4v) is 2.64. The highest BCUT2D eigenvalue weighted by atomic mass is 19.4. The summed E-state index contributed by atoms with van der Waals surface area (Å²) in [6, 6.07) is 6.95. The van der Waals surface area contributed by atoms with E-state index in [9.17, 15) is 27.9 Å². The van der Waals surface area contributed by atoms with Crippen LogP contribution in [0.3, 0.4) is 0 Å². The fraction of sp³-hybridized carbons (Fsp3) is 0.429. The fourth-order valence-electron chi connectivity index (χ4n) is 2.64. The summed E-state index contributed by atoms with van der Waals surface area (Å²) in [5.41, 5.74) is 1.53. The number of carboxylic acid groups (broad SMARTS) is 1. The third-order valence-corrected chi connectivity index (χ3v) is 3.64. The van der Waals surface area contributed by atoms with Crippen LogP contribution in [-0.4, -0.2) is 41.1 Å². The number of nitrogens with zero attached hydrogens (tertiary/aromatic N) is 1. The number of likely N-dealkylation sites (tertiary alicyclic amines) is 1. The van der Waals surface area contributed by atoms with Crippen LogP contribution in [0.2, 0.25) is 0 Å². The predicted octanol–water partition coefficient (Wildman–Crippen LogP) is 2.18. The molecule has 2 atom stereocenters. The second-order valence-electron chi connectivity index (χ2n) is 5.17. The minimum atomic E-state index is -4.98. The first-order valence-electron chi connectivity index (χ1n) is 6.35. The second kappa shape index (κ2) is 5.38. The van der Waals surface area contributed by atoms with Crippen LogP contribution in [0.4, 0.5) is 13.2 Å². The van der Waals surface area contributed by atoms with Crippen molar-refractivity contribution in [1.82, 2.24) is 4.90 Å². The van der Waals surface area contributed by atoms with Crippen molar-refractivity contribution in [3.63, 3.8) is 0 Å². The molecule has 0 aromatic heterocycles. The first kappa shape index (κ1) is 15.3. The zero-order chi connectivity index (χ0) is 15.8. The van der Waals surface area contributed by atoms with Crippen LogP contribution in [0, 0.1) is 12.8 Å². The van der Waals surface area contributed by atoms with E-state index in [1.807, 2.05) is 13.0 Å². The molecule has 0 aliphatic carbocycles. The van der Waals surface area contributed by atoms with E-state index >= 15 is 0 Å². The van der Waals surface area contributed by atoms with Gasteiger partial charge in [-0.3, -0.25) is 9.59 Å². The summed E-state index contributed by atoms with van der Waals surface area (Å²) in [5, 5.41) is 9.20. The van der Waals surface area contributed by atoms with Gasteiger partial charge in [-0.25, -0.2) is 0 Å². The van der Waals surface area contributed by atoms with Crippen molar-refractivity contribution in [2.45, 2.75) is 19.0 Å².